The highest BCUT2D eigenvalue weighted by atomic mass is 16.6. The van der Waals surface area contributed by atoms with Gasteiger partial charge in [-0.05, 0) is 12.8 Å². The third-order valence-corrected chi connectivity index (χ3v) is 3.38. The van der Waals surface area contributed by atoms with Gasteiger partial charge in [0.1, 0.15) is 5.92 Å². The van der Waals surface area contributed by atoms with Crippen molar-refractivity contribution in [1.82, 2.24) is 0 Å². The van der Waals surface area contributed by atoms with E-state index in [1.165, 1.54) is 6.92 Å². The summed E-state index contributed by atoms with van der Waals surface area (Å²) in [5.74, 6) is -6.72. The lowest BCUT2D eigenvalue weighted by Crippen LogP contribution is -2.60. The van der Waals surface area contributed by atoms with Gasteiger partial charge in [-0.3, -0.25) is 10.1 Å². The Labute approximate surface area is 91.2 Å². The van der Waals surface area contributed by atoms with Gasteiger partial charge in [-0.1, -0.05) is 6.92 Å². The molecule has 1 aliphatic carbocycles. The molecular formula is C9H11NO6-2. The van der Waals surface area contributed by atoms with Crippen LogP contribution in [-0.4, -0.2) is 22.4 Å². The Bertz CT molecular complexity index is 327. The lowest BCUT2D eigenvalue weighted by atomic mass is 9.77. The van der Waals surface area contributed by atoms with E-state index in [1.807, 2.05) is 0 Å². The predicted molar refractivity (Wildman–Crippen MR) is 46.2 cm³/mol. The van der Waals surface area contributed by atoms with Crippen LogP contribution in [0.25, 0.3) is 0 Å². The molecule has 7 heteroatoms. The molecule has 90 valence electrons. The maximum absolute atomic E-state index is 11.0. The minimum atomic E-state index is -2.19. The number of aliphatic carboxylic acids is 2. The van der Waals surface area contributed by atoms with Gasteiger partial charge in [0.25, 0.3) is 0 Å². The molecule has 0 bridgehead atoms. The number of carboxylic acid groups (broad SMARTS) is 2. The van der Waals surface area contributed by atoms with Gasteiger partial charge in [0.2, 0.25) is 5.54 Å². The summed E-state index contributed by atoms with van der Waals surface area (Å²) < 4.78 is 0. The summed E-state index contributed by atoms with van der Waals surface area (Å²) >= 11 is 0. The third kappa shape index (κ3) is 1.62. The number of carbonyl (C=O) groups is 2. The standard InChI is InChI=1S/C9H13NO6/c1-5-3-2-4-9(5,10(15)16)6(7(11)12)8(13)14/h5-6H,2-4H2,1H3,(H,11,12)(H,13,14)/p-2. The van der Waals surface area contributed by atoms with Crippen molar-refractivity contribution in [3.8, 4) is 0 Å². The fraction of sp³-hybridized carbons (Fsp3) is 0.778. The van der Waals surface area contributed by atoms with Gasteiger partial charge < -0.3 is 19.8 Å². The molecule has 0 aliphatic heterocycles. The maximum atomic E-state index is 11.0. The van der Waals surface area contributed by atoms with E-state index in [1.54, 1.807) is 0 Å². The topological polar surface area (TPSA) is 123 Å². The third-order valence-electron chi connectivity index (χ3n) is 3.38. The zero-order valence-corrected chi connectivity index (χ0v) is 8.67. The Morgan fingerprint density at radius 1 is 1.38 bits per heavy atom. The molecule has 0 heterocycles. The highest BCUT2D eigenvalue weighted by molar-refractivity contribution is 5.92. The molecule has 0 N–H and O–H groups in total. The Morgan fingerprint density at radius 3 is 2.12 bits per heavy atom. The van der Waals surface area contributed by atoms with Crippen LogP contribution in [0.3, 0.4) is 0 Å². The van der Waals surface area contributed by atoms with E-state index >= 15 is 0 Å². The van der Waals surface area contributed by atoms with Crippen molar-refractivity contribution in [2.75, 3.05) is 0 Å². The molecule has 0 spiro atoms. The molecule has 0 aromatic carbocycles. The highest BCUT2D eigenvalue weighted by Crippen LogP contribution is 2.43. The van der Waals surface area contributed by atoms with Gasteiger partial charge in [0.15, 0.2) is 0 Å². The van der Waals surface area contributed by atoms with Crippen LogP contribution in [-0.2, 0) is 9.59 Å². The van der Waals surface area contributed by atoms with E-state index in [0.29, 0.717) is 12.8 Å². The average molecular weight is 229 g/mol. The molecule has 0 amide bonds. The first-order chi connectivity index (χ1) is 7.34. The van der Waals surface area contributed by atoms with E-state index in [4.69, 9.17) is 0 Å². The molecule has 0 aromatic rings. The molecule has 1 fully saturated rings. The summed E-state index contributed by atoms with van der Waals surface area (Å²) in [7, 11) is 0. The minimum Gasteiger partial charge on any atom is -0.549 e. The van der Waals surface area contributed by atoms with Gasteiger partial charge >= 0.3 is 0 Å². The normalized spacial score (nSPS) is 29.2. The summed E-state index contributed by atoms with van der Waals surface area (Å²) in [5, 5.41) is 32.5. The summed E-state index contributed by atoms with van der Waals surface area (Å²) in [4.78, 5) is 31.7. The molecule has 0 saturated heterocycles. The quantitative estimate of drug-likeness (QED) is 0.310. The van der Waals surface area contributed by atoms with Crippen LogP contribution in [0.15, 0.2) is 0 Å². The van der Waals surface area contributed by atoms with Gasteiger partial charge in [-0.15, -0.1) is 0 Å². The summed E-state index contributed by atoms with van der Waals surface area (Å²) in [5.41, 5.74) is -1.99. The van der Waals surface area contributed by atoms with Crippen LogP contribution in [0.5, 0.6) is 0 Å². The van der Waals surface area contributed by atoms with Crippen LogP contribution in [0.2, 0.25) is 0 Å². The molecule has 1 aliphatic rings. The fourth-order valence-corrected chi connectivity index (χ4v) is 2.50. The first kappa shape index (κ1) is 12.4. The minimum absolute atomic E-state index is 0.0756. The number of rotatable bonds is 4. The van der Waals surface area contributed by atoms with E-state index in [-0.39, 0.29) is 6.42 Å². The summed E-state index contributed by atoms with van der Waals surface area (Å²) in [6, 6.07) is 0. The van der Waals surface area contributed by atoms with E-state index in [0.717, 1.165) is 0 Å². The van der Waals surface area contributed by atoms with Crippen molar-refractivity contribution >= 4 is 11.9 Å². The summed E-state index contributed by atoms with van der Waals surface area (Å²) in [6.45, 7) is 1.48. The van der Waals surface area contributed by atoms with Gasteiger partial charge in [0.05, 0.1) is 11.9 Å². The molecule has 0 aromatic heterocycles. The largest absolute Gasteiger partial charge is 0.549 e. The number of hydrogen-bond donors (Lipinski definition) is 0. The molecule has 1 rings (SSSR count). The molecule has 0 radical (unpaired) electrons. The number of carboxylic acids is 2. The second-order valence-corrected chi connectivity index (χ2v) is 4.11. The van der Waals surface area contributed by atoms with Crippen LogP contribution >= 0.6 is 0 Å². The second kappa shape index (κ2) is 4.07. The lowest BCUT2D eigenvalue weighted by molar-refractivity contribution is -0.586. The van der Waals surface area contributed by atoms with Crippen molar-refractivity contribution in [3.63, 3.8) is 0 Å². The van der Waals surface area contributed by atoms with Gasteiger partial charge in [0, 0.05) is 17.3 Å². The van der Waals surface area contributed by atoms with E-state index < -0.39 is 34.2 Å². The first-order valence-corrected chi connectivity index (χ1v) is 4.90. The van der Waals surface area contributed by atoms with Crippen LogP contribution in [0.4, 0.5) is 0 Å². The first-order valence-electron chi connectivity index (χ1n) is 4.90. The van der Waals surface area contributed by atoms with Crippen LogP contribution in [0.1, 0.15) is 26.2 Å². The molecular weight excluding hydrogens is 218 g/mol. The summed E-state index contributed by atoms with van der Waals surface area (Å²) in [6.07, 6.45) is 0.783. The Kier molecular flexibility index (Phi) is 3.16. The van der Waals surface area contributed by atoms with Crippen molar-refractivity contribution in [2.45, 2.75) is 31.7 Å². The number of hydrogen-bond acceptors (Lipinski definition) is 6. The highest BCUT2D eigenvalue weighted by Gasteiger charge is 2.58. The van der Waals surface area contributed by atoms with Crippen LogP contribution in [0, 0.1) is 22.0 Å². The Morgan fingerprint density at radius 2 is 1.88 bits per heavy atom. The van der Waals surface area contributed by atoms with Crippen LogP contribution < -0.4 is 10.2 Å². The Balaban J connectivity index is 3.24. The van der Waals surface area contributed by atoms with Crippen molar-refractivity contribution in [2.24, 2.45) is 11.8 Å². The van der Waals surface area contributed by atoms with Crippen molar-refractivity contribution in [3.05, 3.63) is 10.1 Å². The monoisotopic (exact) mass is 229 g/mol. The predicted octanol–water partition coefficient (Wildman–Crippen LogP) is -2.06. The second-order valence-electron chi connectivity index (χ2n) is 4.11. The molecule has 1 saturated carbocycles. The smallest absolute Gasteiger partial charge is 0.237 e. The molecule has 7 nitrogen and oxygen atoms in total. The number of carbonyl (C=O) groups excluding carboxylic acids is 2. The SMILES string of the molecule is CC1CCCC1(C(C(=O)[O-])C(=O)[O-])[N+](=O)[O-]. The van der Waals surface area contributed by atoms with Gasteiger partial charge in [-0.25, -0.2) is 0 Å². The van der Waals surface area contributed by atoms with Crippen molar-refractivity contribution < 1.29 is 24.7 Å². The van der Waals surface area contributed by atoms with E-state index in [2.05, 4.69) is 0 Å². The number of nitrogens with zero attached hydrogens (tertiary/aromatic N) is 1. The number of nitro groups is 1. The van der Waals surface area contributed by atoms with Crippen molar-refractivity contribution in [1.29, 1.82) is 0 Å². The zero-order chi connectivity index (χ0) is 12.5. The molecule has 2 atom stereocenters. The zero-order valence-electron chi connectivity index (χ0n) is 8.67. The van der Waals surface area contributed by atoms with Gasteiger partial charge in [-0.2, -0.15) is 0 Å². The molecule has 16 heavy (non-hydrogen) atoms. The average Bonchev–Trinajstić information content (AvgIpc) is 2.47. The molecule has 2 unspecified atom stereocenters. The lowest BCUT2D eigenvalue weighted by Gasteiger charge is -2.34. The van der Waals surface area contributed by atoms with E-state index in [9.17, 15) is 29.9 Å². The maximum Gasteiger partial charge on any atom is 0.237 e. The fourth-order valence-electron chi connectivity index (χ4n) is 2.50. The Hall–Kier alpha value is -1.66.